The van der Waals surface area contributed by atoms with Gasteiger partial charge in [0.15, 0.2) is 9.84 Å². The number of benzene rings is 1. The van der Waals surface area contributed by atoms with Crippen LogP contribution in [0.5, 0.6) is 5.75 Å². The molecule has 1 amide bonds. The van der Waals surface area contributed by atoms with Gasteiger partial charge < -0.3 is 9.64 Å². The van der Waals surface area contributed by atoms with E-state index < -0.39 is 9.84 Å². The van der Waals surface area contributed by atoms with E-state index in [-0.39, 0.29) is 11.9 Å². The Hall–Kier alpha value is -1.82. The third kappa shape index (κ3) is 4.90. The molecule has 1 saturated carbocycles. The summed E-state index contributed by atoms with van der Waals surface area (Å²) in [6.45, 7) is 0.474. The molecule has 0 radical (unpaired) electrons. The zero-order chi connectivity index (χ0) is 15.5. The summed E-state index contributed by atoms with van der Waals surface area (Å²) in [5.74, 6) is 0.499. The van der Waals surface area contributed by atoms with Gasteiger partial charge in [-0.1, -0.05) is 12.1 Å². The maximum atomic E-state index is 12.1. The largest absolute Gasteiger partial charge is 0.497 e. The zero-order valence-corrected chi connectivity index (χ0v) is 13.0. The molecule has 6 heteroatoms. The van der Waals surface area contributed by atoms with Crippen molar-refractivity contribution in [2.24, 2.45) is 0 Å². The first-order valence-corrected chi connectivity index (χ1v) is 8.66. The van der Waals surface area contributed by atoms with Gasteiger partial charge in [-0.05, 0) is 30.5 Å². The van der Waals surface area contributed by atoms with E-state index in [1.54, 1.807) is 12.0 Å². The van der Waals surface area contributed by atoms with Crippen molar-refractivity contribution >= 4 is 15.7 Å². The minimum atomic E-state index is -3.28. The second kappa shape index (κ2) is 6.30. The SMILES string of the molecule is COc1ccc(CN(C(=O)/C=C/S(C)(=O)=O)C2CC2)cc1. The van der Waals surface area contributed by atoms with E-state index in [0.29, 0.717) is 6.54 Å². The minimum absolute atomic E-state index is 0.212. The number of ether oxygens (including phenoxy) is 1. The van der Waals surface area contributed by atoms with Crippen molar-refractivity contribution in [3.8, 4) is 5.75 Å². The molecule has 0 unspecified atom stereocenters. The lowest BCUT2D eigenvalue weighted by molar-refractivity contribution is -0.127. The highest BCUT2D eigenvalue weighted by molar-refractivity contribution is 7.93. The van der Waals surface area contributed by atoms with Crippen molar-refractivity contribution in [2.75, 3.05) is 13.4 Å². The minimum Gasteiger partial charge on any atom is -0.497 e. The molecule has 0 N–H and O–H groups in total. The van der Waals surface area contributed by atoms with Gasteiger partial charge in [-0.3, -0.25) is 4.79 Å². The quantitative estimate of drug-likeness (QED) is 0.751. The van der Waals surface area contributed by atoms with Crippen molar-refractivity contribution in [1.82, 2.24) is 4.90 Å². The van der Waals surface area contributed by atoms with E-state index in [4.69, 9.17) is 4.74 Å². The molecule has 2 rings (SSSR count). The third-order valence-electron chi connectivity index (χ3n) is 3.24. The fraction of sp³-hybridized carbons (Fsp3) is 0.400. The number of amides is 1. The smallest absolute Gasteiger partial charge is 0.247 e. The molecule has 0 aliphatic heterocycles. The van der Waals surface area contributed by atoms with E-state index in [1.807, 2.05) is 24.3 Å². The molecule has 1 aromatic carbocycles. The van der Waals surface area contributed by atoms with Crippen LogP contribution in [0.2, 0.25) is 0 Å². The predicted octanol–water partition coefficient (Wildman–Crippen LogP) is 1.74. The van der Waals surface area contributed by atoms with Gasteiger partial charge in [0.2, 0.25) is 5.91 Å². The molecule has 0 spiro atoms. The number of hydrogen-bond donors (Lipinski definition) is 0. The molecule has 0 bridgehead atoms. The van der Waals surface area contributed by atoms with Gasteiger partial charge in [0.25, 0.3) is 0 Å². The van der Waals surface area contributed by atoms with Crippen molar-refractivity contribution in [3.63, 3.8) is 0 Å². The van der Waals surface area contributed by atoms with Crippen LogP contribution in [0.15, 0.2) is 35.7 Å². The van der Waals surface area contributed by atoms with E-state index >= 15 is 0 Å². The van der Waals surface area contributed by atoms with Crippen LogP contribution in [-0.2, 0) is 21.2 Å². The fourth-order valence-electron chi connectivity index (χ4n) is 1.98. The highest BCUT2D eigenvalue weighted by Crippen LogP contribution is 2.29. The summed E-state index contributed by atoms with van der Waals surface area (Å²) in [4.78, 5) is 13.9. The Kier molecular flexibility index (Phi) is 4.67. The molecule has 114 valence electrons. The zero-order valence-electron chi connectivity index (χ0n) is 12.2. The van der Waals surface area contributed by atoms with Gasteiger partial charge in [0.05, 0.1) is 7.11 Å². The number of nitrogens with zero attached hydrogens (tertiary/aromatic N) is 1. The van der Waals surface area contributed by atoms with Crippen molar-refractivity contribution < 1.29 is 17.9 Å². The summed E-state index contributed by atoms with van der Waals surface area (Å²) in [5.41, 5.74) is 0.990. The first-order chi connectivity index (χ1) is 9.89. The molecule has 1 aliphatic rings. The van der Waals surface area contributed by atoms with Crippen LogP contribution < -0.4 is 4.74 Å². The van der Waals surface area contributed by atoms with Gasteiger partial charge in [0.1, 0.15) is 5.75 Å². The van der Waals surface area contributed by atoms with Gasteiger partial charge in [-0.25, -0.2) is 8.42 Å². The monoisotopic (exact) mass is 309 g/mol. The van der Waals surface area contributed by atoms with E-state index in [1.165, 1.54) is 0 Å². The Labute approximate surface area is 125 Å². The lowest BCUT2D eigenvalue weighted by atomic mass is 10.2. The van der Waals surface area contributed by atoms with E-state index in [0.717, 1.165) is 41.9 Å². The summed E-state index contributed by atoms with van der Waals surface area (Å²) in [6.07, 6.45) is 4.14. The molecule has 0 atom stereocenters. The van der Waals surface area contributed by atoms with Crippen LogP contribution in [0.25, 0.3) is 0 Å². The predicted molar refractivity (Wildman–Crippen MR) is 80.5 cm³/mol. The molecule has 5 nitrogen and oxygen atoms in total. The summed E-state index contributed by atoms with van der Waals surface area (Å²) in [5, 5.41) is 0.957. The molecule has 0 aromatic heterocycles. The Morgan fingerprint density at radius 2 is 1.95 bits per heavy atom. The molecule has 1 fully saturated rings. The maximum absolute atomic E-state index is 12.1. The molecule has 1 aliphatic carbocycles. The summed E-state index contributed by atoms with van der Waals surface area (Å²) >= 11 is 0. The topological polar surface area (TPSA) is 63.7 Å². The number of carbonyl (C=O) groups excluding carboxylic acids is 1. The van der Waals surface area contributed by atoms with Crippen molar-refractivity contribution in [1.29, 1.82) is 0 Å². The summed E-state index contributed by atoms with van der Waals surface area (Å²) in [7, 11) is -1.68. The highest BCUT2D eigenvalue weighted by Gasteiger charge is 2.31. The van der Waals surface area contributed by atoms with E-state index in [9.17, 15) is 13.2 Å². The number of sulfone groups is 1. The first-order valence-electron chi connectivity index (χ1n) is 6.71. The number of methoxy groups -OCH3 is 1. The lowest BCUT2D eigenvalue weighted by Crippen LogP contribution is -2.31. The van der Waals surface area contributed by atoms with Gasteiger partial charge in [-0.2, -0.15) is 0 Å². The van der Waals surface area contributed by atoms with Crippen LogP contribution in [0.1, 0.15) is 18.4 Å². The summed E-state index contributed by atoms with van der Waals surface area (Å²) < 4.78 is 27.3. The van der Waals surface area contributed by atoms with Gasteiger partial charge >= 0.3 is 0 Å². The number of hydrogen-bond acceptors (Lipinski definition) is 4. The Bertz CT molecular complexity index is 630. The standard InChI is InChI=1S/C15H19NO4S/c1-20-14-7-3-12(4-8-14)11-16(13-5-6-13)15(17)9-10-21(2,18)19/h3-4,7-10,13H,5-6,11H2,1-2H3/b10-9+. The second-order valence-corrected chi connectivity index (χ2v) is 7.11. The van der Waals surface area contributed by atoms with Crippen LogP contribution >= 0.6 is 0 Å². The van der Waals surface area contributed by atoms with Crippen LogP contribution in [0.4, 0.5) is 0 Å². The molecule has 21 heavy (non-hydrogen) atoms. The van der Waals surface area contributed by atoms with Gasteiger partial charge in [0, 0.05) is 30.3 Å². The van der Waals surface area contributed by atoms with Gasteiger partial charge in [-0.15, -0.1) is 0 Å². The Morgan fingerprint density at radius 1 is 1.33 bits per heavy atom. The third-order valence-corrected chi connectivity index (χ3v) is 3.87. The van der Waals surface area contributed by atoms with Crippen LogP contribution in [-0.4, -0.2) is 38.6 Å². The maximum Gasteiger partial charge on any atom is 0.247 e. The van der Waals surface area contributed by atoms with E-state index in [2.05, 4.69) is 0 Å². The average molecular weight is 309 g/mol. The highest BCUT2D eigenvalue weighted by atomic mass is 32.2. The van der Waals surface area contributed by atoms with Crippen LogP contribution in [0.3, 0.4) is 0 Å². The van der Waals surface area contributed by atoms with Crippen LogP contribution in [0, 0.1) is 0 Å². The second-order valence-electron chi connectivity index (χ2n) is 5.18. The summed E-state index contributed by atoms with van der Waals surface area (Å²) in [6, 6.07) is 7.71. The molecule has 0 heterocycles. The van der Waals surface area contributed by atoms with Crippen molar-refractivity contribution in [2.45, 2.75) is 25.4 Å². The molecular formula is C15H19NO4S. The first kappa shape index (κ1) is 15.6. The molecular weight excluding hydrogens is 290 g/mol. The Morgan fingerprint density at radius 3 is 2.43 bits per heavy atom. The number of rotatable bonds is 6. The normalized spacial score (nSPS) is 15.1. The average Bonchev–Trinajstić information content (AvgIpc) is 3.26. The molecule has 0 saturated heterocycles. The Balaban J connectivity index is 2.08. The van der Waals surface area contributed by atoms with Crippen molar-refractivity contribution in [3.05, 3.63) is 41.3 Å². The molecule has 1 aromatic rings. The lowest BCUT2D eigenvalue weighted by Gasteiger charge is -2.21. The number of carbonyl (C=O) groups is 1. The fourth-order valence-corrected chi connectivity index (χ4v) is 2.34.